The van der Waals surface area contributed by atoms with Crippen LogP contribution in [0, 0.1) is 6.92 Å². The van der Waals surface area contributed by atoms with Crippen molar-refractivity contribution in [1.82, 2.24) is 14.9 Å². The highest BCUT2D eigenvalue weighted by Crippen LogP contribution is 2.06. The second-order valence-electron chi connectivity index (χ2n) is 4.33. The molecule has 0 saturated heterocycles. The molecule has 6 nitrogen and oxygen atoms in total. The van der Waals surface area contributed by atoms with Crippen LogP contribution in [0.25, 0.3) is 0 Å². The van der Waals surface area contributed by atoms with E-state index >= 15 is 0 Å². The molecule has 0 amide bonds. The third-order valence-electron chi connectivity index (χ3n) is 2.39. The zero-order chi connectivity index (χ0) is 12.8. The van der Waals surface area contributed by atoms with Gasteiger partial charge in [-0.05, 0) is 27.3 Å². The molecule has 0 aliphatic rings. The van der Waals surface area contributed by atoms with Gasteiger partial charge in [-0.25, -0.2) is 15.8 Å². The summed E-state index contributed by atoms with van der Waals surface area (Å²) in [5, 5.41) is 9.21. The third kappa shape index (κ3) is 5.08. The number of aryl methyl sites for hydroxylation is 1. The Kier molecular flexibility index (Phi) is 5.27. The minimum absolute atomic E-state index is 0.280. The number of aliphatic hydroxyl groups excluding tert-OH is 1. The van der Waals surface area contributed by atoms with Crippen LogP contribution in [0.15, 0.2) is 6.07 Å². The van der Waals surface area contributed by atoms with E-state index in [2.05, 4.69) is 20.3 Å². The van der Waals surface area contributed by atoms with Gasteiger partial charge in [0.2, 0.25) is 0 Å². The Morgan fingerprint density at radius 1 is 1.53 bits per heavy atom. The predicted molar refractivity (Wildman–Crippen MR) is 67.2 cm³/mol. The van der Waals surface area contributed by atoms with Gasteiger partial charge in [0, 0.05) is 18.3 Å². The van der Waals surface area contributed by atoms with Crippen molar-refractivity contribution < 1.29 is 5.11 Å². The lowest BCUT2D eigenvalue weighted by Gasteiger charge is -2.17. The van der Waals surface area contributed by atoms with Gasteiger partial charge in [-0.15, -0.1) is 0 Å². The quantitative estimate of drug-likeness (QED) is 0.488. The van der Waals surface area contributed by atoms with E-state index in [9.17, 15) is 5.11 Å². The summed E-state index contributed by atoms with van der Waals surface area (Å²) in [6, 6.07) is 1.79. The zero-order valence-electron chi connectivity index (χ0n) is 10.6. The molecule has 0 aromatic carbocycles. The molecular weight excluding hydrogens is 218 g/mol. The molecule has 1 aromatic heterocycles. The smallest absolute Gasteiger partial charge is 0.144 e. The molecule has 0 aliphatic heterocycles. The van der Waals surface area contributed by atoms with Crippen molar-refractivity contribution in [2.24, 2.45) is 5.84 Å². The number of anilines is 1. The second-order valence-corrected chi connectivity index (χ2v) is 4.33. The highest BCUT2D eigenvalue weighted by molar-refractivity contribution is 5.33. The van der Waals surface area contributed by atoms with E-state index in [1.807, 2.05) is 14.0 Å². The molecule has 96 valence electrons. The Balaban J connectivity index is 2.58. The minimum Gasteiger partial charge on any atom is -0.393 e. The fraction of sp³-hybridized carbons (Fsp3) is 0.636. The maximum absolute atomic E-state index is 9.21. The summed E-state index contributed by atoms with van der Waals surface area (Å²) in [4.78, 5) is 10.7. The summed E-state index contributed by atoms with van der Waals surface area (Å²) in [6.45, 7) is 5.14. The van der Waals surface area contributed by atoms with Crippen LogP contribution >= 0.6 is 0 Å². The monoisotopic (exact) mass is 239 g/mol. The van der Waals surface area contributed by atoms with Crippen LogP contribution in [0.4, 0.5) is 5.82 Å². The summed E-state index contributed by atoms with van der Waals surface area (Å²) < 4.78 is 0. The third-order valence-corrected chi connectivity index (χ3v) is 2.39. The largest absolute Gasteiger partial charge is 0.393 e. The molecule has 0 saturated carbocycles. The van der Waals surface area contributed by atoms with E-state index in [0.29, 0.717) is 12.4 Å². The number of aliphatic hydroxyl groups is 1. The summed E-state index contributed by atoms with van der Waals surface area (Å²) >= 11 is 0. The zero-order valence-corrected chi connectivity index (χ0v) is 10.6. The van der Waals surface area contributed by atoms with Crippen LogP contribution < -0.4 is 11.3 Å². The van der Waals surface area contributed by atoms with Crippen molar-refractivity contribution in [2.75, 3.05) is 19.0 Å². The van der Waals surface area contributed by atoms with Gasteiger partial charge >= 0.3 is 0 Å². The van der Waals surface area contributed by atoms with Gasteiger partial charge in [-0.3, -0.25) is 4.90 Å². The number of nitrogens with two attached hydrogens (primary N) is 1. The molecule has 1 atom stereocenters. The highest BCUT2D eigenvalue weighted by atomic mass is 16.3. The molecule has 0 fully saturated rings. The molecule has 17 heavy (non-hydrogen) atoms. The first-order chi connectivity index (χ1) is 8.01. The number of nitrogens with zero attached hydrogens (tertiary/aromatic N) is 3. The topological polar surface area (TPSA) is 87.3 Å². The van der Waals surface area contributed by atoms with Gasteiger partial charge in [0.15, 0.2) is 0 Å². The average Bonchev–Trinajstić information content (AvgIpc) is 2.25. The lowest BCUT2D eigenvalue weighted by molar-refractivity contribution is 0.162. The molecular formula is C11H21N5O. The SMILES string of the molecule is Cc1cc(NN)nc(CN(C)CCC(C)O)n1. The van der Waals surface area contributed by atoms with E-state index in [-0.39, 0.29) is 6.10 Å². The van der Waals surface area contributed by atoms with Crippen LogP contribution in [0.5, 0.6) is 0 Å². The highest BCUT2D eigenvalue weighted by Gasteiger charge is 2.06. The maximum atomic E-state index is 9.21. The normalized spacial score (nSPS) is 12.8. The molecule has 0 radical (unpaired) electrons. The second kappa shape index (κ2) is 6.48. The molecule has 0 aliphatic carbocycles. The van der Waals surface area contributed by atoms with Gasteiger partial charge in [-0.2, -0.15) is 0 Å². The molecule has 4 N–H and O–H groups in total. The minimum atomic E-state index is -0.280. The van der Waals surface area contributed by atoms with Gasteiger partial charge in [0.1, 0.15) is 11.6 Å². The fourth-order valence-electron chi connectivity index (χ4n) is 1.50. The van der Waals surface area contributed by atoms with E-state index in [4.69, 9.17) is 5.84 Å². The maximum Gasteiger partial charge on any atom is 0.144 e. The van der Waals surface area contributed by atoms with Crippen molar-refractivity contribution in [1.29, 1.82) is 0 Å². The van der Waals surface area contributed by atoms with Crippen LogP contribution in [-0.4, -0.2) is 39.7 Å². The van der Waals surface area contributed by atoms with E-state index < -0.39 is 0 Å². The Morgan fingerprint density at radius 3 is 2.82 bits per heavy atom. The molecule has 1 heterocycles. The molecule has 0 spiro atoms. The lowest BCUT2D eigenvalue weighted by atomic mass is 10.3. The van der Waals surface area contributed by atoms with Crippen LogP contribution in [0.1, 0.15) is 24.9 Å². The summed E-state index contributed by atoms with van der Waals surface area (Å²) in [7, 11) is 1.98. The van der Waals surface area contributed by atoms with Crippen LogP contribution in [0.3, 0.4) is 0 Å². The number of hydrazine groups is 1. The van der Waals surface area contributed by atoms with Crippen molar-refractivity contribution in [3.63, 3.8) is 0 Å². The summed E-state index contributed by atoms with van der Waals surface area (Å²) in [5.74, 6) is 6.68. The fourth-order valence-corrected chi connectivity index (χ4v) is 1.50. The van der Waals surface area contributed by atoms with Crippen LogP contribution in [0.2, 0.25) is 0 Å². The van der Waals surface area contributed by atoms with Crippen molar-refractivity contribution in [3.8, 4) is 0 Å². The number of nitrogen functional groups attached to an aromatic ring is 1. The van der Waals surface area contributed by atoms with E-state index in [0.717, 1.165) is 24.5 Å². The van der Waals surface area contributed by atoms with Crippen molar-refractivity contribution in [2.45, 2.75) is 32.9 Å². The number of rotatable bonds is 6. The molecule has 1 unspecified atom stereocenters. The van der Waals surface area contributed by atoms with E-state index in [1.54, 1.807) is 13.0 Å². The van der Waals surface area contributed by atoms with E-state index in [1.165, 1.54) is 0 Å². The van der Waals surface area contributed by atoms with Gasteiger partial charge < -0.3 is 10.5 Å². The molecule has 1 aromatic rings. The number of nitrogens with one attached hydrogen (secondary N) is 1. The Bertz CT molecular complexity index is 356. The number of hydrogen-bond acceptors (Lipinski definition) is 6. The number of hydrogen-bond donors (Lipinski definition) is 3. The summed E-state index contributed by atoms with van der Waals surface area (Å²) in [5.41, 5.74) is 3.40. The Hall–Kier alpha value is -1.24. The lowest BCUT2D eigenvalue weighted by Crippen LogP contribution is -2.23. The number of aromatic nitrogens is 2. The molecule has 0 bridgehead atoms. The first kappa shape index (κ1) is 13.8. The molecule has 1 rings (SSSR count). The Labute approximate surface area is 102 Å². The summed E-state index contributed by atoms with van der Waals surface area (Å²) in [6.07, 6.45) is 0.460. The first-order valence-electron chi connectivity index (χ1n) is 5.69. The predicted octanol–water partition coefficient (Wildman–Crippen LogP) is 0.273. The van der Waals surface area contributed by atoms with Crippen LogP contribution in [-0.2, 0) is 6.54 Å². The first-order valence-corrected chi connectivity index (χ1v) is 5.69. The standard InChI is InChI=1S/C11H21N5O/c1-8-6-10(15-12)14-11(13-8)7-16(3)5-4-9(2)17/h6,9,17H,4-5,7,12H2,1-3H3,(H,13,14,15). The van der Waals surface area contributed by atoms with Crippen molar-refractivity contribution in [3.05, 3.63) is 17.6 Å². The molecule has 6 heteroatoms. The van der Waals surface area contributed by atoms with Gasteiger partial charge in [0.25, 0.3) is 0 Å². The van der Waals surface area contributed by atoms with Crippen molar-refractivity contribution >= 4 is 5.82 Å². The Morgan fingerprint density at radius 2 is 2.24 bits per heavy atom. The van der Waals surface area contributed by atoms with Gasteiger partial charge in [0.05, 0.1) is 12.6 Å². The average molecular weight is 239 g/mol. The van der Waals surface area contributed by atoms with Gasteiger partial charge in [-0.1, -0.05) is 0 Å².